The number of carbonyl (C=O) groups is 1. The first-order chi connectivity index (χ1) is 11.6. The molecule has 3 N–H and O–H groups in total. The lowest BCUT2D eigenvalue weighted by atomic mass is 9.91. The van der Waals surface area contributed by atoms with Crippen molar-refractivity contribution >= 4 is 23.5 Å². The molecule has 7 nitrogen and oxygen atoms in total. The third kappa shape index (κ3) is 4.11. The average Bonchev–Trinajstić information content (AvgIpc) is 2.57. The predicted molar refractivity (Wildman–Crippen MR) is 91.1 cm³/mol. The Kier molecular flexibility index (Phi) is 5.10. The molecule has 2 heterocycles. The Morgan fingerprint density at radius 2 is 1.83 bits per heavy atom. The first kappa shape index (κ1) is 16.4. The van der Waals surface area contributed by atoms with Gasteiger partial charge in [-0.3, -0.25) is 4.98 Å². The molecule has 0 atom stereocenters. The zero-order valence-electron chi connectivity index (χ0n) is 12.9. The average molecular weight is 348 g/mol. The van der Waals surface area contributed by atoms with E-state index in [0.29, 0.717) is 5.82 Å². The van der Waals surface area contributed by atoms with Gasteiger partial charge in [0.05, 0.1) is 0 Å². The minimum Gasteiger partial charge on any atom is -0.465 e. The van der Waals surface area contributed by atoms with Gasteiger partial charge in [-0.2, -0.15) is 0 Å². The molecule has 1 aliphatic carbocycles. The zero-order valence-corrected chi connectivity index (χ0v) is 13.7. The van der Waals surface area contributed by atoms with E-state index in [9.17, 15) is 4.79 Å². The summed E-state index contributed by atoms with van der Waals surface area (Å²) in [6.07, 6.45) is 7.50. The van der Waals surface area contributed by atoms with Crippen molar-refractivity contribution in [2.45, 2.75) is 37.8 Å². The number of nitrogens with one attached hydrogen (secondary N) is 2. The summed E-state index contributed by atoms with van der Waals surface area (Å²) in [4.78, 5) is 23.1. The molecule has 0 aliphatic heterocycles. The highest BCUT2D eigenvalue weighted by Gasteiger charge is 2.23. The zero-order chi connectivity index (χ0) is 16.9. The van der Waals surface area contributed by atoms with Gasteiger partial charge in [0, 0.05) is 36.2 Å². The molecule has 2 aromatic rings. The molecule has 0 unspecified atom stereocenters. The fourth-order valence-corrected chi connectivity index (χ4v) is 3.10. The van der Waals surface area contributed by atoms with Crippen LogP contribution in [-0.2, 0) is 0 Å². The molecule has 0 aromatic carbocycles. The molecule has 0 spiro atoms. The summed E-state index contributed by atoms with van der Waals surface area (Å²) in [5, 5.41) is 15.0. The van der Waals surface area contributed by atoms with Gasteiger partial charge in [0.1, 0.15) is 5.82 Å². The van der Waals surface area contributed by atoms with E-state index in [1.165, 1.54) is 0 Å². The molecule has 8 heteroatoms. The summed E-state index contributed by atoms with van der Waals surface area (Å²) in [7, 11) is 0. The Hall–Kier alpha value is -2.41. The molecular formula is C16H18ClN5O2. The van der Waals surface area contributed by atoms with Gasteiger partial charge < -0.3 is 15.7 Å². The molecule has 2 aromatic heterocycles. The normalized spacial score (nSPS) is 20.4. The van der Waals surface area contributed by atoms with Gasteiger partial charge in [-0.25, -0.2) is 14.8 Å². The van der Waals surface area contributed by atoms with Crippen LogP contribution in [0.2, 0.25) is 5.28 Å². The van der Waals surface area contributed by atoms with Crippen LogP contribution in [-0.4, -0.2) is 38.2 Å². The van der Waals surface area contributed by atoms with Crippen molar-refractivity contribution in [2.75, 3.05) is 5.32 Å². The standard InChI is InChI=1S/C16H18ClN5O2/c17-15-19-9-13(10-5-7-18-8-6-10)14(22-15)20-11-1-3-12(4-2-11)21-16(23)24/h5-9,11-12,21H,1-4H2,(H,23,24)(H,19,20,22)/t11-,12-. The minimum absolute atomic E-state index is 0.0224. The number of pyridine rings is 1. The Balaban J connectivity index is 1.72. The van der Waals surface area contributed by atoms with Crippen molar-refractivity contribution in [1.82, 2.24) is 20.3 Å². The van der Waals surface area contributed by atoms with E-state index in [-0.39, 0.29) is 17.4 Å². The van der Waals surface area contributed by atoms with Crippen LogP contribution in [0.4, 0.5) is 10.6 Å². The summed E-state index contributed by atoms with van der Waals surface area (Å²) in [5.74, 6) is 0.691. The van der Waals surface area contributed by atoms with Crippen molar-refractivity contribution in [3.05, 3.63) is 36.0 Å². The monoisotopic (exact) mass is 347 g/mol. The van der Waals surface area contributed by atoms with Gasteiger partial charge >= 0.3 is 6.09 Å². The van der Waals surface area contributed by atoms with E-state index in [4.69, 9.17) is 16.7 Å². The molecule has 3 rings (SSSR count). The van der Waals surface area contributed by atoms with E-state index in [1.807, 2.05) is 12.1 Å². The maximum atomic E-state index is 10.7. The van der Waals surface area contributed by atoms with E-state index >= 15 is 0 Å². The number of anilines is 1. The van der Waals surface area contributed by atoms with Gasteiger partial charge in [-0.05, 0) is 55.0 Å². The molecule has 1 fully saturated rings. The number of hydrogen-bond acceptors (Lipinski definition) is 5. The summed E-state index contributed by atoms with van der Waals surface area (Å²) in [5.41, 5.74) is 1.83. The summed E-state index contributed by atoms with van der Waals surface area (Å²) in [6.45, 7) is 0. The highest BCUT2D eigenvalue weighted by Crippen LogP contribution is 2.29. The lowest BCUT2D eigenvalue weighted by Gasteiger charge is -2.29. The van der Waals surface area contributed by atoms with Crippen molar-refractivity contribution < 1.29 is 9.90 Å². The van der Waals surface area contributed by atoms with Gasteiger partial charge in [-0.1, -0.05) is 0 Å². The molecule has 0 radical (unpaired) electrons. The quantitative estimate of drug-likeness (QED) is 0.734. The largest absolute Gasteiger partial charge is 0.465 e. The second-order valence-corrected chi connectivity index (χ2v) is 6.12. The van der Waals surface area contributed by atoms with E-state index in [0.717, 1.165) is 36.8 Å². The summed E-state index contributed by atoms with van der Waals surface area (Å²) >= 11 is 5.95. The van der Waals surface area contributed by atoms with Crippen LogP contribution in [0.1, 0.15) is 25.7 Å². The first-order valence-corrected chi connectivity index (χ1v) is 8.18. The Labute approximate surface area is 144 Å². The number of aromatic nitrogens is 3. The van der Waals surface area contributed by atoms with Crippen molar-refractivity contribution in [3.8, 4) is 11.1 Å². The Morgan fingerprint density at radius 1 is 1.17 bits per heavy atom. The lowest BCUT2D eigenvalue weighted by Crippen LogP contribution is -2.39. The van der Waals surface area contributed by atoms with Crippen LogP contribution in [0.25, 0.3) is 11.1 Å². The van der Waals surface area contributed by atoms with Gasteiger partial charge in [0.15, 0.2) is 0 Å². The fraction of sp³-hybridized carbons (Fsp3) is 0.375. The maximum absolute atomic E-state index is 10.7. The molecule has 1 amide bonds. The SMILES string of the molecule is O=C(O)N[C@H]1CC[C@H](Nc2nc(Cl)ncc2-c2ccncc2)CC1. The molecule has 0 bridgehead atoms. The van der Waals surface area contributed by atoms with Gasteiger partial charge in [0.25, 0.3) is 0 Å². The van der Waals surface area contributed by atoms with Crippen molar-refractivity contribution in [3.63, 3.8) is 0 Å². The molecule has 0 saturated heterocycles. The lowest BCUT2D eigenvalue weighted by molar-refractivity contribution is 0.185. The van der Waals surface area contributed by atoms with E-state index < -0.39 is 6.09 Å². The Bertz CT molecular complexity index is 705. The number of nitrogens with zero attached hydrogens (tertiary/aromatic N) is 3. The van der Waals surface area contributed by atoms with Crippen LogP contribution in [0.15, 0.2) is 30.7 Å². The first-order valence-electron chi connectivity index (χ1n) is 7.81. The van der Waals surface area contributed by atoms with Crippen LogP contribution < -0.4 is 10.6 Å². The topological polar surface area (TPSA) is 100 Å². The molecule has 126 valence electrons. The number of amides is 1. The second kappa shape index (κ2) is 7.44. The molecule has 1 saturated carbocycles. The van der Waals surface area contributed by atoms with Gasteiger partial charge in [-0.15, -0.1) is 0 Å². The predicted octanol–water partition coefficient (Wildman–Crippen LogP) is 3.18. The maximum Gasteiger partial charge on any atom is 0.404 e. The highest BCUT2D eigenvalue weighted by molar-refractivity contribution is 6.28. The number of hydrogen-bond donors (Lipinski definition) is 3. The van der Waals surface area contributed by atoms with E-state index in [1.54, 1.807) is 18.6 Å². The smallest absolute Gasteiger partial charge is 0.404 e. The van der Waals surface area contributed by atoms with Crippen LogP contribution in [0, 0.1) is 0 Å². The molecule has 24 heavy (non-hydrogen) atoms. The van der Waals surface area contributed by atoms with E-state index in [2.05, 4.69) is 25.6 Å². The fourth-order valence-electron chi connectivity index (χ4n) is 2.96. The number of halogens is 1. The summed E-state index contributed by atoms with van der Waals surface area (Å²) in [6, 6.07) is 4.04. The third-order valence-electron chi connectivity index (χ3n) is 4.15. The third-order valence-corrected chi connectivity index (χ3v) is 4.33. The molecule has 1 aliphatic rings. The number of rotatable bonds is 4. The van der Waals surface area contributed by atoms with Crippen molar-refractivity contribution in [1.29, 1.82) is 0 Å². The molecular weight excluding hydrogens is 330 g/mol. The number of carboxylic acid groups (broad SMARTS) is 1. The second-order valence-electron chi connectivity index (χ2n) is 5.78. The summed E-state index contributed by atoms with van der Waals surface area (Å²) < 4.78 is 0. The van der Waals surface area contributed by atoms with Crippen LogP contribution in [0.5, 0.6) is 0 Å². The van der Waals surface area contributed by atoms with Gasteiger partial charge in [0.2, 0.25) is 5.28 Å². The minimum atomic E-state index is -0.964. The Morgan fingerprint density at radius 3 is 2.50 bits per heavy atom. The van der Waals surface area contributed by atoms with Crippen LogP contribution >= 0.6 is 11.6 Å². The highest BCUT2D eigenvalue weighted by atomic mass is 35.5. The van der Waals surface area contributed by atoms with Crippen molar-refractivity contribution in [2.24, 2.45) is 0 Å². The van der Waals surface area contributed by atoms with Crippen LogP contribution in [0.3, 0.4) is 0 Å².